The molecular weight excluding hydrogens is 312 g/mol. The van der Waals surface area contributed by atoms with E-state index in [1.165, 1.54) is 5.57 Å². The molecule has 0 spiro atoms. The fraction of sp³-hybridized carbons (Fsp3) is 0.524. The molecule has 4 nitrogen and oxygen atoms in total. The van der Waals surface area contributed by atoms with E-state index >= 15 is 0 Å². The van der Waals surface area contributed by atoms with E-state index in [0.717, 1.165) is 43.4 Å². The highest BCUT2D eigenvalue weighted by atomic mass is 16.2. The van der Waals surface area contributed by atoms with E-state index in [1.54, 1.807) is 0 Å². The first-order chi connectivity index (χ1) is 12.2. The lowest BCUT2D eigenvalue weighted by Gasteiger charge is -2.43. The Labute approximate surface area is 150 Å². The monoisotopic (exact) mass is 340 g/mol. The largest absolute Gasteiger partial charge is 0.339 e. The number of carbonyl (C=O) groups excluding carboxylic acids is 2. The molecule has 2 heterocycles. The van der Waals surface area contributed by atoms with Crippen LogP contribution in [0.15, 0.2) is 47.2 Å². The van der Waals surface area contributed by atoms with E-state index in [1.807, 2.05) is 41.9 Å². The molecule has 25 heavy (non-hydrogen) atoms. The van der Waals surface area contributed by atoms with Gasteiger partial charge in [0, 0.05) is 36.8 Å². The van der Waals surface area contributed by atoms with Crippen molar-refractivity contribution in [1.29, 1.82) is 0 Å². The first-order valence-corrected chi connectivity index (χ1v) is 9.45. The van der Waals surface area contributed by atoms with Gasteiger partial charge in [0.2, 0.25) is 5.91 Å². The van der Waals surface area contributed by atoms with E-state index in [0.29, 0.717) is 19.5 Å². The van der Waals surface area contributed by atoms with E-state index in [4.69, 9.17) is 0 Å². The highest BCUT2D eigenvalue weighted by molar-refractivity contribution is 5.96. The second-order valence-corrected chi connectivity index (χ2v) is 6.93. The average Bonchev–Trinajstić information content (AvgIpc) is 2.65. The van der Waals surface area contributed by atoms with Gasteiger partial charge in [-0.1, -0.05) is 30.4 Å². The van der Waals surface area contributed by atoms with Gasteiger partial charge >= 0.3 is 0 Å². The van der Waals surface area contributed by atoms with Gasteiger partial charge in [0.1, 0.15) is 0 Å². The molecule has 0 radical (unpaired) electrons. The molecule has 3 aliphatic rings. The van der Waals surface area contributed by atoms with Gasteiger partial charge in [0.15, 0.2) is 0 Å². The van der Waals surface area contributed by atoms with Crippen molar-refractivity contribution in [3.8, 4) is 0 Å². The van der Waals surface area contributed by atoms with Crippen molar-refractivity contribution in [3.63, 3.8) is 0 Å². The topological polar surface area (TPSA) is 40.6 Å². The van der Waals surface area contributed by atoms with Crippen molar-refractivity contribution in [1.82, 2.24) is 9.80 Å². The maximum absolute atomic E-state index is 12.6. The normalized spacial score (nSPS) is 22.8. The number of rotatable bonds is 3. The molecule has 1 aliphatic carbocycles. The first-order valence-electron chi connectivity index (χ1n) is 9.45. The Hall–Kier alpha value is -2.10. The van der Waals surface area contributed by atoms with Crippen LogP contribution in [0.1, 0.15) is 52.4 Å². The summed E-state index contributed by atoms with van der Waals surface area (Å²) in [6.45, 7) is 5.26. The van der Waals surface area contributed by atoms with Crippen LogP contribution in [0.2, 0.25) is 0 Å². The van der Waals surface area contributed by atoms with Gasteiger partial charge < -0.3 is 9.80 Å². The molecule has 2 saturated heterocycles. The molecule has 3 rings (SSSR count). The van der Waals surface area contributed by atoms with Gasteiger partial charge in [0.05, 0.1) is 0 Å². The molecule has 4 heteroatoms. The minimum atomic E-state index is 0.0986. The van der Waals surface area contributed by atoms with Crippen LogP contribution in [-0.4, -0.2) is 40.7 Å². The maximum atomic E-state index is 12.6. The van der Waals surface area contributed by atoms with Crippen LogP contribution >= 0.6 is 0 Å². The standard InChI is InChI=1S/C21H28N2O2/c1-3-7-16(4-2)21(25)22-14-12-18(13-15-22)23-19-9-6-5-8-17(19)10-11-20(23)24/h3-4,7-9,18H,5-6,10-15H2,1-2H3/b7-3-,16-4+. The van der Waals surface area contributed by atoms with Gasteiger partial charge in [-0.05, 0) is 51.5 Å². The number of likely N-dealkylation sites (tertiary alicyclic amines) is 2. The quantitative estimate of drug-likeness (QED) is 0.580. The van der Waals surface area contributed by atoms with E-state index < -0.39 is 0 Å². The molecule has 2 aliphatic heterocycles. The summed E-state index contributed by atoms with van der Waals surface area (Å²) in [6.07, 6.45) is 15.5. The van der Waals surface area contributed by atoms with Crippen LogP contribution in [0.3, 0.4) is 0 Å². The minimum Gasteiger partial charge on any atom is -0.339 e. The van der Waals surface area contributed by atoms with Gasteiger partial charge in [-0.15, -0.1) is 0 Å². The van der Waals surface area contributed by atoms with Crippen LogP contribution in [0, 0.1) is 0 Å². The average molecular weight is 340 g/mol. The lowest BCUT2D eigenvalue weighted by molar-refractivity contribution is -0.134. The third kappa shape index (κ3) is 3.63. The number of nitrogens with zero attached hydrogens (tertiary/aromatic N) is 2. The highest BCUT2D eigenvalue weighted by Gasteiger charge is 2.35. The zero-order valence-corrected chi connectivity index (χ0v) is 15.3. The van der Waals surface area contributed by atoms with Crippen LogP contribution in [0.25, 0.3) is 0 Å². The lowest BCUT2D eigenvalue weighted by atomic mass is 9.90. The second kappa shape index (κ2) is 7.85. The summed E-state index contributed by atoms with van der Waals surface area (Å²) in [7, 11) is 0. The Bertz CT molecular complexity index is 661. The Morgan fingerprint density at radius 3 is 2.52 bits per heavy atom. The molecule has 0 saturated carbocycles. The van der Waals surface area contributed by atoms with Crippen LogP contribution < -0.4 is 0 Å². The number of hydrogen-bond donors (Lipinski definition) is 0. The molecule has 0 bridgehead atoms. The fourth-order valence-electron chi connectivity index (χ4n) is 4.07. The predicted octanol–water partition coefficient (Wildman–Crippen LogP) is 3.73. The summed E-state index contributed by atoms with van der Waals surface area (Å²) >= 11 is 0. The molecule has 0 aromatic carbocycles. The van der Waals surface area contributed by atoms with Crippen molar-refractivity contribution < 1.29 is 9.59 Å². The highest BCUT2D eigenvalue weighted by Crippen LogP contribution is 2.35. The van der Waals surface area contributed by atoms with E-state index in [-0.39, 0.29) is 17.9 Å². The van der Waals surface area contributed by atoms with Crippen LogP contribution in [0.5, 0.6) is 0 Å². The first kappa shape index (κ1) is 17.7. The van der Waals surface area contributed by atoms with E-state index in [9.17, 15) is 9.59 Å². The molecule has 0 aromatic rings. The molecule has 0 N–H and O–H groups in total. The zero-order chi connectivity index (χ0) is 17.8. The number of carbonyl (C=O) groups is 2. The molecule has 134 valence electrons. The smallest absolute Gasteiger partial charge is 0.253 e. The molecule has 0 aromatic heterocycles. The summed E-state index contributed by atoms with van der Waals surface area (Å²) in [5.74, 6) is 0.347. The maximum Gasteiger partial charge on any atom is 0.253 e. The van der Waals surface area contributed by atoms with Gasteiger partial charge in [0.25, 0.3) is 5.91 Å². The molecule has 2 fully saturated rings. The second-order valence-electron chi connectivity index (χ2n) is 6.93. The number of fused-ring (bicyclic) bond motifs is 1. The van der Waals surface area contributed by atoms with Gasteiger partial charge in [-0.2, -0.15) is 0 Å². The summed E-state index contributed by atoms with van der Waals surface area (Å²) < 4.78 is 0. The van der Waals surface area contributed by atoms with Crippen molar-refractivity contribution in [2.75, 3.05) is 13.1 Å². The summed E-state index contributed by atoms with van der Waals surface area (Å²) in [5.41, 5.74) is 3.24. The Kier molecular flexibility index (Phi) is 5.57. The summed E-state index contributed by atoms with van der Waals surface area (Å²) in [4.78, 5) is 29.1. The van der Waals surface area contributed by atoms with E-state index in [2.05, 4.69) is 12.2 Å². The van der Waals surface area contributed by atoms with Crippen LogP contribution in [-0.2, 0) is 9.59 Å². The SMILES string of the molecule is C/C=C\C(=C/C)C(=O)N1CCC(N2C(=O)CCC3=CCCC=C32)CC1. The fourth-order valence-corrected chi connectivity index (χ4v) is 4.07. The Morgan fingerprint density at radius 1 is 1.12 bits per heavy atom. The van der Waals surface area contributed by atoms with Crippen molar-refractivity contribution in [3.05, 3.63) is 47.2 Å². The van der Waals surface area contributed by atoms with Crippen molar-refractivity contribution in [2.24, 2.45) is 0 Å². The van der Waals surface area contributed by atoms with Crippen molar-refractivity contribution >= 4 is 11.8 Å². The minimum absolute atomic E-state index is 0.0986. The number of piperidine rings is 2. The number of hydrogen-bond acceptors (Lipinski definition) is 2. The third-order valence-electron chi connectivity index (χ3n) is 5.38. The van der Waals surface area contributed by atoms with Crippen molar-refractivity contribution in [2.45, 2.75) is 58.4 Å². The van der Waals surface area contributed by atoms with Crippen LogP contribution in [0.4, 0.5) is 0 Å². The molecule has 0 unspecified atom stereocenters. The third-order valence-corrected chi connectivity index (χ3v) is 5.38. The van der Waals surface area contributed by atoms with Gasteiger partial charge in [-0.25, -0.2) is 0 Å². The summed E-state index contributed by atoms with van der Waals surface area (Å²) in [6, 6.07) is 0.223. The molecule has 2 amide bonds. The Morgan fingerprint density at radius 2 is 1.84 bits per heavy atom. The number of allylic oxidation sites excluding steroid dienone is 5. The lowest BCUT2D eigenvalue weighted by Crippen LogP contribution is -2.50. The summed E-state index contributed by atoms with van der Waals surface area (Å²) in [5, 5.41) is 0. The molecule has 0 atom stereocenters. The predicted molar refractivity (Wildman–Crippen MR) is 99.7 cm³/mol. The zero-order valence-electron chi connectivity index (χ0n) is 15.3. The molecular formula is C21H28N2O2. The Balaban J connectivity index is 1.67. The van der Waals surface area contributed by atoms with Gasteiger partial charge in [-0.3, -0.25) is 9.59 Å². The number of amides is 2.